The maximum absolute atomic E-state index is 12.1. The number of amides is 1. The summed E-state index contributed by atoms with van der Waals surface area (Å²) in [5.41, 5.74) is 2.08. The Morgan fingerprint density at radius 3 is 2.86 bits per heavy atom. The molecule has 0 heterocycles. The Morgan fingerprint density at radius 2 is 2.14 bits per heavy atom. The molecule has 0 spiro atoms. The van der Waals surface area contributed by atoms with E-state index >= 15 is 0 Å². The molecular weight excluding hydrogens is 284 g/mol. The normalized spacial score (nSPS) is 21.0. The van der Waals surface area contributed by atoms with E-state index < -0.39 is 0 Å². The Morgan fingerprint density at radius 1 is 1.38 bits per heavy atom. The molecule has 1 saturated carbocycles. The molecule has 1 aromatic rings. The summed E-state index contributed by atoms with van der Waals surface area (Å²) in [4.78, 5) is 12.1. The van der Waals surface area contributed by atoms with E-state index in [0.717, 1.165) is 17.7 Å². The molecule has 116 valence electrons. The third-order valence-electron chi connectivity index (χ3n) is 4.49. The average Bonchev–Trinajstić information content (AvgIpc) is 2.41. The summed E-state index contributed by atoms with van der Waals surface area (Å²) < 4.78 is 0. The summed E-state index contributed by atoms with van der Waals surface area (Å²) in [6.07, 6.45) is 4.91. The lowest BCUT2D eigenvalue weighted by atomic mass is 9.73. The Bertz CT molecular complexity index is 514. The Labute approximate surface area is 132 Å². The van der Waals surface area contributed by atoms with Crippen molar-refractivity contribution in [1.29, 1.82) is 0 Å². The second kappa shape index (κ2) is 6.80. The zero-order valence-electron chi connectivity index (χ0n) is 13.1. The van der Waals surface area contributed by atoms with E-state index in [1.165, 1.54) is 19.3 Å². The van der Waals surface area contributed by atoms with Gasteiger partial charge in [0.2, 0.25) is 5.91 Å². The van der Waals surface area contributed by atoms with Crippen LogP contribution in [0, 0.1) is 12.3 Å². The number of rotatable bonds is 4. The molecule has 0 bridgehead atoms. The van der Waals surface area contributed by atoms with E-state index in [-0.39, 0.29) is 11.3 Å². The van der Waals surface area contributed by atoms with Crippen LogP contribution in [0.5, 0.6) is 0 Å². The average molecular weight is 309 g/mol. The van der Waals surface area contributed by atoms with Crippen LogP contribution in [0.3, 0.4) is 0 Å². The van der Waals surface area contributed by atoms with Crippen LogP contribution in [-0.4, -0.2) is 18.5 Å². The van der Waals surface area contributed by atoms with Crippen LogP contribution in [0.4, 0.5) is 5.69 Å². The Balaban J connectivity index is 1.89. The lowest BCUT2D eigenvalue weighted by Gasteiger charge is -2.39. The third-order valence-corrected chi connectivity index (χ3v) is 4.73. The number of carbonyl (C=O) groups excluding carboxylic acids is 1. The highest BCUT2D eigenvalue weighted by Gasteiger charge is 2.31. The number of anilines is 1. The highest BCUT2D eigenvalue weighted by atomic mass is 35.5. The molecule has 0 aromatic heterocycles. The molecule has 1 aromatic carbocycles. The smallest absolute Gasteiger partial charge is 0.238 e. The Kier molecular flexibility index (Phi) is 5.28. The van der Waals surface area contributed by atoms with Gasteiger partial charge in [0.25, 0.3) is 0 Å². The number of hydrogen-bond donors (Lipinski definition) is 2. The van der Waals surface area contributed by atoms with Gasteiger partial charge in [0.15, 0.2) is 0 Å². The van der Waals surface area contributed by atoms with E-state index in [9.17, 15) is 4.79 Å². The number of hydrogen-bond acceptors (Lipinski definition) is 2. The minimum atomic E-state index is -0.0123. The van der Waals surface area contributed by atoms with Gasteiger partial charge in [0, 0.05) is 16.8 Å². The van der Waals surface area contributed by atoms with Crippen molar-refractivity contribution in [2.45, 2.75) is 52.5 Å². The first-order valence-electron chi connectivity index (χ1n) is 7.68. The molecule has 0 radical (unpaired) electrons. The molecular formula is C17H25ClN2O. The first kappa shape index (κ1) is 16.3. The van der Waals surface area contributed by atoms with Crippen LogP contribution >= 0.6 is 11.6 Å². The quantitative estimate of drug-likeness (QED) is 0.877. The van der Waals surface area contributed by atoms with E-state index in [2.05, 4.69) is 24.5 Å². The van der Waals surface area contributed by atoms with E-state index in [4.69, 9.17) is 11.6 Å². The fraction of sp³-hybridized carbons (Fsp3) is 0.588. The van der Waals surface area contributed by atoms with Gasteiger partial charge in [-0.2, -0.15) is 0 Å². The van der Waals surface area contributed by atoms with Gasteiger partial charge in [-0.3, -0.25) is 4.79 Å². The minimum absolute atomic E-state index is 0.0123. The van der Waals surface area contributed by atoms with Crippen LogP contribution < -0.4 is 10.6 Å². The predicted octanol–water partition coefficient (Wildman–Crippen LogP) is 4.15. The van der Waals surface area contributed by atoms with Crippen molar-refractivity contribution in [1.82, 2.24) is 5.32 Å². The van der Waals surface area contributed by atoms with E-state index in [0.29, 0.717) is 17.6 Å². The largest absolute Gasteiger partial charge is 0.325 e. The van der Waals surface area contributed by atoms with Crippen molar-refractivity contribution >= 4 is 23.2 Å². The maximum atomic E-state index is 12.1. The third kappa shape index (κ3) is 4.45. The van der Waals surface area contributed by atoms with Gasteiger partial charge >= 0.3 is 0 Å². The summed E-state index contributed by atoms with van der Waals surface area (Å²) in [6, 6.07) is 5.95. The standard InChI is InChI=1S/C17H25ClN2O/c1-12-7-8-13(18)10-14(12)20-16(21)11-19-15-6-4-5-9-17(15,2)3/h7-8,10,15,19H,4-6,9,11H2,1-3H3,(H,20,21). The minimum Gasteiger partial charge on any atom is -0.325 e. The fourth-order valence-corrected chi connectivity index (χ4v) is 3.18. The van der Waals surface area contributed by atoms with Gasteiger partial charge in [-0.05, 0) is 42.9 Å². The van der Waals surface area contributed by atoms with Crippen molar-refractivity contribution < 1.29 is 4.79 Å². The van der Waals surface area contributed by atoms with Crippen LogP contribution in [0.2, 0.25) is 5.02 Å². The predicted molar refractivity (Wildman–Crippen MR) is 88.9 cm³/mol. The molecule has 0 aliphatic heterocycles. The second-order valence-electron chi connectivity index (χ2n) is 6.68. The van der Waals surface area contributed by atoms with Crippen LogP contribution in [0.25, 0.3) is 0 Å². The lowest BCUT2D eigenvalue weighted by Crippen LogP contribution is -2.46. The number of carbonyl (C=O) groups is 1. The molecule has 4 heteroatoms. The van der Waals surface area contributed by atoms with Crippen molar-refractivity contribution in [3.8, 4) is 0 Å². The van der Waals surface area contributed by atoms with E-state index in [1.807, 2.05) is 19.1 Å². The van der Waals surface area contributed by atoms with Gasteiger partial charge in [-0.25, -0.2) is 0 Å². The van der Waals surface area contributed by atoms with Crippen molar-refractivity contribution in [3.63, 3.8) is 0 Å². The molecule has 1 aliphatic rings. The van der Waals surface area contributed by atoms with E-state index in [1.54, 1.807) is 6.07 Å². The Hall–Kier alpha value is -1.06. The highest BCUT2D eigenvalue weighted by Crippen LogP contribution is 2.35. The fourth-order valence-electron chi connectivity index (χ4n) is 3.01. The monoisotopic (exact) mass is 308 g/mol. The van der Waals surface area contributed by atoms with Gasteiger partial charge in [0.05, 0.1) is 6.54 Å². The maximum Gasteiger partial charge on any atom is 0.238 e. The molecule has 21 heavy (non-hydrogen) atoms. The van der Waals surface area contributed by atoms with Crippen LogP contribution in [0.15, 0.2) is 18.2 Å². The highest BCUT2D eigenvalue weighted by molar-refractivity contribution is 6.31. The summed E-state index contributed by atoms with van der Waals surface area (Å²) >= 11 is 5.97. The lowest BCUT2D eigenvalue weighted by molar-refractivity contribution is -0.115. The molecule has 0 saturated heterocycles. The molecule has 1 amide bonds. The topological polar surface area (TPSA) is 41.1 Å². The number of nitrogens with one attached hydrogen (secondary N) is 2. The van der Waals surface area contributed by atoms with Crippen LogP contribution in [0.1, 0.15) is 45.1 Å². The summed E-state index contributed by atoms with van der Waals surface area (Å²) in [5, 5.41) is 6.99. The zero-order chi connectivity index (χ0) is 15.5. The number of aryl methyl sites for hydroxylation is 1. The molecule has 1 atom stereocenters. The number of halogens is 1. The summed E-state index contributed by atoms with van der Waals surface area (Å²) in [5.74, 6) is -0.0123. The molecule has 1 fully saturated rings. The first-order valence-corrected chi connectivity index (χ1v) is 8.06. The van der Waals surface area contributed by atoms with Gasteiger partial charge in [-0.15, -0.1) is 0 Å². The summed E-state index contributed by atoms with van der Waals surface area (Å²) in [6.45, 7) is 6.87. The van der Waals surface area contributed by atoms with Crippen molar-refractivity contribution in [2.24, 2.45) is 5.41 Å². The van der Waals surface area contributed by atoms with Crippen LogP contribution in [-0.2, 0) is 4.79 Å². The van der Waals surface area contributed by atoms with Gasteiger partial charge < -0.3 is 10.6 Å². The zero-order valence-corrected chi connectivity index (χ0v) is 13.9. The van der Waals surface area contributed by atoms with Crippen molar-refractivity contribution in [3.05, 3.63) is 28.8 Å². The van der Waals surface area contributed by atoms with Crippen molar-refractivity contribution in [2.75, 3.05) is 11.9 Å². The molecule has 2 rings (SSSR count). The first-order chi connectivity index (χ1) is 9.88. The van der Waals surface area contributed by atoms with Gasteiger partial charge in [-0.1, -0.05) is 44.4 Å². The molecule has 2 N–H and O–H groups in total. The summed E-state index contributed by atoms with van der Waals surface area (Å²) in [7, 11) is 0. The second-order valence-corrected chi connectivity index (χ2v) is 7.11. The van der Waals surface area contributed by atoms with Gasteiger partial charge in [0.1, 0.15) is 0 Å². The SMILES string of the molecule is Cc1ccc(Cl)cc1NC(=O)CNC1CCCCC1(C)C. The molecule has 1 aliphatic carbocycles. The number of benzene rings is 1. The molecule has 1 unspecified atom stereocenters. The molecule has 3 nitrogen and oxygen atoms in total.